The smallest absolute Gasteiger partial charge is 0.311 e. The highest BCUT2D eigenvalue weighted by Crippen LogP contribution is 2.30. The molecule has 0 aromatic carbocycles. The van der Waals surface area contributed by atoms with Gasteiger partial charge in [0.15, 0.2) is 6.61 Å². The van der Waals surface area contributed by atoms with E-state index in [2.05, 4.69) is 26.1 Å². The van der Waals surface area contributed by atoms with E-state index in [0.717, 1.165) is 13.5 Å². The molecule has 3 rings (SSSR count). The summed E-state index contributed by atoms with van der Waals surface area (Å²) in [6.45, 7) is -0.0102. The van der Waals surface area contributed by atoms with Gasteiger partial charge in [-0.05, 0) is 39.5 Å². The number of carbonyl (C=O) groups excluding carboxylic acids is 1. The SMILES string of the molecule is O=C(Cc1cccs1)OCc1nnc(-c2ccc(Br)s2)o1. The van der Waals surface area contributed by atoms with Crippen LogP contribution in [0.1, 0.15) is 10.8 Å². The third-order valence-corrected chi connectivity index (χ3v) is 4.99. The van der Waals surface area contributed by atoms with Crippen molar-refractivity contribution in [2.45, 2.75) is 13.0 Å². The fourth-order valence-corrected chi connectivity index (χ4v) is 3.59. The number of aromatic nitrogens is 2. The van der Waals surface area contributed by atoms with Crippen LogP contribution >= 0.6 is 38.6 Å². The van der Waals surface area contributed by atoms with Gasteiger partial charge in [0.2, 0.25) is 0 Å². The van der Waals surface area contributed by atoms with Crippen molar-refractivity contribution < 1.29 is 13.9 Å². The van der Waals surface area contributed by atoms with E-state index in [1.165, 1.54) is 22.7 Å². The molecule has 0 atom stereocenters. The Morgan fingerprint density at radius 3 is 2.95 bits per heavy atom. The number of esters is 1. The number of hydrogen-bond donors (Lipinski definition) is 0. The molecule has 0 unspecified atom stereocenters. The molecular weight excluding hydrogens is 376 g/mol. The Kier molecular flexibility index (Phi) is 4.47. The molecule has 3 aromatic heterocycles. The summed E-state index contributed by atoms with van der Waals surface area (Å²) >= 11 is 6.39. The van der Waals surface area contributed by atoms with E-state index in [9.17, 15) is 4.79 Å². The van der Waals surface area contributed by atoms with Crippen LogP contribution in [0.3, 0.4) is 0 Å². The van der Waals surface area contributed by atoms with E-state index in [4.69, 9.17) is 9.15 Å². The lowest BCUT2D eigenvalue weighted by Gasteiger charge is -1.99. The second-order valence-corrected chi connectivity index (χ2v) is 7.52. The van der Waals surface area contributed by atoms with Gasteiger partial charge in [-0.2, -0.15) is 0 Å². The predicted octanol–water partition coefficient (Wildman–Crippen LogP) is 3.91. The average molecular weight is 385 g/mol. The van der Waals surface area contributed by atoms with E-state index in [-0.39, 0.29) is 24.9 Å². The topological polar surface area (TPSA) is 65.2 Å². The lowest BCUT2D eigenvalue weighted by atomic mass is 10.3. The summed E-state index contributed by atoms with van der Waals surface area (Å²) in [5, 5.41) is 9.73. The molecule has 0 radical (unpaired) electrons. The number of carbonyl (C=O) groups is 1. The van der Waals surface area contributed by atoms with Gasteiger partial charge < -0.3 is 9.15 Å². The molecule has 0 spiro atoms. The first kappa shape index (κ1) is 14.4. The summed E-state index contributed by atoms with van der Waals surface area (Å²) in [5.74, 6) is 0.403. The van der Waals surface area contributed by atoms with Gasteiger partial charge in [0.1, 0.15) is 0 Å². The Labute approximate surface area is 136 Å². The molecule has 21 heavy (non-hydrogen) atoms. The molecule has 5 nitrogen and oxygen atoms in total. The lowest BCUT2D eigenvalue weighted by Crippen LogP contribution is -2.07. The van der Waals surface area contributed by atoms with E-state index in [1.54, 1.807) is 0 Å². The molecule has 3 aromatic rings. The molecule has 0 fully saturated rings. The lowest BCUT2D eigenvalue weighted by molar-refractivity contribution is -0.144. The van der Waals surface area contributed by atoms with Crippen LogP contribution < -0.4 is 0 Å². The summed E-state index contributed by atoms with van der Waals surface area (Å²) in [7, 11) is 0. The van der Waals surface area contributed by atoms with E-state index in [0.29, 0.717) is 5.89 Å². The minimum atomic E-state index is -0.309. The van der Waals surface area contributed by atoms with Crippen LogP contribution in [0.4, 0.5) is 0 Å². The van der Waals surface area contributed by atoms with Crippen LogP contribution in [0, 0.1) is 0 Å². The molecule has 0 aliphatic heterocycles. The third-order valence-electron chi connectivity index (χ3n) is 2.51. The monoisotopic (exact) mass is 384 g/mol. The third kappa shape index (κ3) is 3.78. The largest absolute Gasteiger partial charge is 0.455 e. The fourth-order valence-electron chi connectivity index (χ4n) is 1.59. The molecule has 0 aliphatic carbocycles. The molecule has 0 aliphatic rings. The van der Waals surface area contributed by atoms with E-state index < -0.39 is 0 Å². The van der Waals surface area contributed by atoms with E-state index >= 15 is 0 Å². The molecule has 3 heterocycles. The first-order valence-corrected chi connectivity index (χ1v) is 8.46. The van der Waals surface area contributed by atoms with Crippen LogP contribution in [0.25, 0.3) is 10.8 Å². The maximum atomic E-state index is 11.7. The van der Waals surface area contributed by atoms with Gasteiger partial charge in [0, 0.05) is 4.88 Å². The first-order chi connectivity index (χ1) is 10.2. The van der Waals surface area contributed by atoms with E-state index in [1.807, 2.05) is 29.6 Å². The van der Waals surface area contributed by atoms with Crippen molar-refractivity contribution in [3.05, 3.63) is 44.2 Å². The summed E-state index contributed by atoms with van der Waals surface area (Å²) < 4.78 is 11.6. The zero-order valence-electron chi connectivity index (χ0n) is 10.6. The van der Waals surface area contributed by atoms with Crippen LogP contribution in [0.15, 0.2) is 37.8 Å². The molecule has 0 N–H and O–H groups in total. The average Bonchev–Trinajstić information content (AvgIpc) is 3.17. The highest BCUT2D eigenvalue weighted by atomic mass is 79.9. The van der Waals surface area contributed by atoms with Crippen molar-refractivity contribution in [2.75, 3.05) is 0 Å². The van der Waals surface area contributed by atoms with Crippen molar-refractivity contribution in [1.82, 2.24) is 10.2 Å². The van der Waals surface area contributed by atoms with Crippen molar-refractivity contribution >= 4 is 44.6 Å². The standard InChI is InChI=1S/C13H9BrN2O3S2/c14-10-4-3-9(21-10)13-16-15-11(19-13)7-18-12(17)6-8-2-1-5-20-8/h1-5H,6-7H2. The van der Waals surface area contributed by atoms with Crippen molar-refractivity contribution in [3.63, 3.8) is 0 Å². The molecule has 108 valence electrons. The van der Waals surface area contributed by atoms with Crippen LogP contribution in [0.2, 0.25) is 0 Å². The fraction of sp³-hybridized carbons (Fsp3) is 0.154. The van der Waals surface area contributed by atoms with Crippen LogP contribution in [-0.2, 0) is 22.6 Å². The Hall–Kier alpha value is -1.51. The number of rotatable bonds is 5. The zero-order valence-corrected chi connectivity index (χ0v) is 13.8. The maximum Gasteiger partial charge on any atom is 0.311 e. The Bertz CT molecular complexity index is 736. The number of hydrogen-bond acceptors (Lipinski definition) is 7. The van der Waals surface area contributed by atoms with Crippen molar-refractivity contribution in [2.24, 2.45) is 0 Å². The van der Waals surface area contributed by atoms with Gasteiger partial charge >= 0.3 is 5.97 Å². The van der Waals surface area contributed by atoms with Gasteiger partial charge in [-0.15, -0.1) is 32.9 Å². The number of halogens is 1. The zero-order chi connectivity index (χ0) is 14.7. The Morgan fingerprint density at radius 2 is 2.24 bits per heavy atom. The van der Waals surface area contributed by atoms with Crippen LogP contribution in [-0.4, -0.2) is 16.2 Å². The minimum Gasteiger partial charge on any atom is -0.455 e. The molecule has 0 saturated heterocycles. The van der Waals surface area contributed by atoms with Gasteiger partial charge in [0.05, 0.1) is 15.1 Å². The number of nitrogens with zero attached hydrogens (tertiary/aromatic N) is 2. The van der Waals surface area contributed by atoms with Crippen molar-refractivity contribution in [1.29, 1.82) is 0 Å². The predicted molar refractivity (Wildman–Crippen MR) is 83.1 cm³/mol. The number of ether oxygens (including phenoxy) is 1. The first-order valence-electron chi connectivity index (χ1n) is 5.97. The second-order valence-electron chi connectivity index (χ2n) is 4.02. The maximum absolute atomic E-state index is 11.7. The Balaban J connectivity index is 1.56. The Morgan fingerprint density at radius 1 is 1.33 bits per heavy atom. The van der Waals surface area contributed by atoms with Crippen molar-refractivity contribution in [3.8, 4) is 10.8 Å². The quantitative estimate of drug-likeness (QED) is 0.623. The number of thiophene rings is 2. The molecular formula is C13H9BrN2O3S2. The van der Waals surface area contributed by atoms with Gasteiger partial charge in [-0.25, -0.2) is 0 Å². The summed E-state index contributed by atoms with van der Waals surface area (Å²) in [6, 6.07) is 7.59. The van der Waals surface area contributed by atoms with Crippen LogP contribution in [0.5, 0.6) is 0 Å². The highest BCUT2D eigenvalue weighted by molar-refractivity contribution is 9.11. The van der Waals surface area contributed by atoms with Gasteiger partial charge in [-0.1, -0.05) is 6.07 Å². The minimum absolute atomic E-state index is 0.0102. The molecule has 8 heteroatoms. The normalized spacial score (nSPS) is 10.7. The summed E-state index contributed by atoms with van der Waals surface area (Å²) in [5.41, 5.74) is 0. The molecule has 0 amide bonds. The summed E-state index contributed by atoms with van der Waals surface area (Å²) in [6.07, 6.45) is 0.260. The summed E-state index contributed by atoms with van der Waals surface area (Å²) in [4.78, 5) is 13.5. The van der Waals surface area contributed by atoms with Gasteiger partial charge in [-0.3, -0.25) is 4.79 Å². The molecule has 0 saturated carbocycles. The second kappa shape index (κ2) is 6.50. The highest BCUT2D eigenvalue weighted by Gasteiger charge is 2.13. The molecule has 0 bridgehead atoms. The van der Waals surface area contributed by atoms with Gasteiger partial charge in [0.25, 0.3) is 11.8 Å².